The highest BCUT2D eigenvalue weighted by molar-refractivity contribution is 5.98. The number of nitrogens with zero attached hydrogens (tertiary/aromatic N) is 1. The van der Waals surface area contributed by atoms with Crippen molar-refractivity contribution in [2.75, 3.05) is 7.05 Å². The Hall–Kier alpha value is -2.88. The van der Waals surface area contributed by atoms with Crippen LogP contribution in [0.3, 0.4) is 0 Å². The van der Waals surface area contributed by atoms with Gasteiger partial charge in [-0.3, -0.25) is 10.1 Å². The Morgan fingerprint density at radius 2 is 2.05 bits per heavy atom. The summed E-state index contributed by atoms with van der Waals surface area (Å²) < 4.78 is 4.90. The lowest BCUT2D eigenvalue weighted by molar-refractivity contribution is -0.127. The molecule has 1 aromatic rings. The topological polar surface area (TPSA) is 108 Å². The molecule has 0 saturated carbocycles. The third-order valence-electron chi connectivity index (χ3n) is 2.34. The van der Waals surface area contributed by atoms with E-state index >= 15 is 0 Å². The van der Waals surface area contributed by atoms with Crippen molar-refractivity contribution >= 4 is 17.9 Å². The maximum atomic E-state index is 11.8. The van der Waals surface area contributed by atoms with Crippen molar-refractivity contribution in [3.63, 3.8) is 0 Å². The molecule has 0 aliphatic carbocycles. The van der Waals surface area contributed by atoms with E-state index in [9.17, 15) is 14.4 Å². The third-order valence-corrected chi connectivity index (χ3v) is 2.34. The Labute approximate surface area is 115 Å². The molecular weight excluding hydrogens is 262 g/mol. The van der Waals surface area contributed by atoms with Crippen LogP contribution in [0.25, 0.3) is 0 Å². The van der Waals surface area contributed by atoms with Gasteiger partial charge in [-0.05, 0) is 25.1 Å². The molecule has 3 amide bonds. The fourth-order valence-corrected chi connectivity index (χ4v) is 1.27. The zero-order valence-electron chi connectivity index (χ0n) is 11.0. The predicted octanol–water partition coefficient (Wildman–Crippen LogP) is 0.559. The Kier molecular flexibility index (Phi) is 5.23. The van der Waals surface area contributed by atoms with Crippen molar-refractivity contribution < 1.29 is 19.1 Å². The molecule has 0 aliphatic rings. The van der Waals surface area contributed by atoms with E-state index in [0.717, 1.165) is 0 Å². The maximum Gasteiger partial charge on any atom is 0.338 e. The lowest BCUT2D eigenvalue weighted by atomic mass is 10.1. The summed E-state index contributed by atoms with van der Waals surface area (Å²) in [5.74, 6) is -1.49. The van der Waals surface area contributed by atoms with Gasteiger partial charge >= 0.3 is 12.0 Å². The van der Waals surface area contributed by atoms with Gasteiger partial charge < -0.3 is 10.1 Å². The predicted molar refractivity (Wildman–Crippen MR) is 68.6 cm³/mol. The number of benzene rings is 1. The Morgan fingerprint density at radius 3 is 2.65 bits per heavy atom. The molecule has 1 atom stereocenters. The summed E-state index contributed by atoms with van der Waals surface area (Å²) >= 11 is 0. The molecule has 0 spiro atoms. The molecule has 7 nitrogen and oxygen atoms in total. The minimum atomic E-state index is -1.13. The molecule has 0 unspecified atom stereocenters. The van der Waals surface area contributed by atoms with Crippen LogP contribution in [0.5, 0.6) is 0 Å². The van der Waals surface area contributed by atoms with Gasteiger partial charge in [0.25, 0.3) is 5.91 Å². The number of carbonyl (C=O) groups is 3. The van der Waals surface area contributed by atoms with Crippen molar-refractivity contribution in [2.45, 2.75) is 13.0 Å². The molecule has 0 aromatic heterocycles. The highest BCUT2D eigenvalue weighted by atomic mass is 16.5. The minimum absolute atomic E-state index is 0.156. The average molecular weight is 275 g/mol. The molecule has 0 heterocycles. The Balaban J connectivity index is 2.68. The number of hydrogen-bond donors (Lipinski definition) is 2. The summed E-state index contributed by atoms with van der Waals surface area (Å²) in [7, 11) is 1.35. The summed E-state index contributed by atoms with van der Waals surface area (Å²) in [6, 6.07) is 7.09. The molecule has 1 rings (SSSR count). The van der Waals surface area contributed by atoms with Gasteiger partial charge in [0.2, 0.25) is 0 Å². The molecule has 0 fully saturated rings. The van der Waals surface area contributed by atoms with E-state index in [4.69, 9.17) is 10.00 Å². The third kappa shape index (κ3) is 4.10. The van der Waals surface area contributed by atoms with Crippen LogP contribution in [-0.2, 0) is 9.53 Å². The van der Waals surface area contributed by atoms with E-state index in [1.165, 1.54) is 32.2 Å². The molecule has 0 bridgehead atoms. The molecule has 7 heteroatoms. The van der Waals surface area contributed by atoms with Gasteiger partial charge in [-0.2, -0.15) is 5.26 Å². The van der Waals surface area contributed by atoms with Gasteiger partial charge in [0.15, 0.2) is 6.10 Å². The van der Waals surface area contributed by atoms with Crippen LogP contribution in [0.4, 0.5) is 4.79 Å². The Morgan fingerprint density at radius 1 is 1.35 bits per heavy atom. The first kappa shape index (κ1) is 15.2. The highest BCUT2D eigenvalue weighted by Crippen LogP contribution is 2.07. The number of rotatable bonds is 3. The summed E-state index contributed by atoms with van der Waals surface area (Å²) in [5, 5.41) is 12.9. The van der Waals surface area contributed by atoms with Crippen molar-refractivity contribution in [3.05, 3.63) is 35.4 Å². The molecule has 104 valence electrons. The molecular formula is C13H13N3O4. The summed E-state index contributed by atoms with van der Waals surface area (Å²) in [6.07, 6.45) is -1.13. The SMILES string of the molecule is CNC(=O)NC(=O)[C@H](C)OC(=O)c1cccc(C#N)c1. The van der Waals surface area contributed by atoms with Crippen LogP contribution >= 0.6 is 0 Å². The van der Waals surface area contributed by atoms with Crippen LogP contribution in [-0.4, -0.2) is 31.1 Å². The van der Waals surface area contributed by atoms with Crippen LogP contribution in [0, 0.1) is 11.3 Å². The van der Waals surface area contributed by atoms with Crippen molar-refractivity contribution in [1.82, 2.24) is 10.6 Å². The minimum Gasteiger partial charge on any atom is -0.449 e. The molecule has 1 aromatic carbocycles. The standard InChI is InChI=1S/C13H13N3O4/c1-8(11(17)16-13(19)15-2)20-12(18)10-5-3-4-9(6-10)7-14/h3-6,8H,1-2H3,(H2,15,16,17,19)/t8-/m0/s1. The second-order valence-corrected chi connectivity index (χ2v) is 3.81. The molecule has 0 aliphatic heterocycles. The number of ether oxygens (including phenoxy) is 1. The van der Waals surface area contributed by atoms with Crippen molar-refractivity contribution in [1.29, 1.82) is 5.26 Å². The second-order valence-electron chi connectivity index (χ2n) is 3.81. The lowest BCUT2D eigenvalue weighted by Crippen LogP contribution is -2.43. The van der Waals surface area contributed by atoms with Gasteiger partial charge in [0.1, 0.15) is 0 Å². The Bertz CT molecular complexity index is 577. The first-order valence-corrected chi connectivity index (χ1v) is 5.71. The molecule has 2 N–H and O–H groups in total. The number of amides is 3. The van der Waals surface area contributed by atoms with E-state index < -0.39 is 24.0 Å². The summed E-state index contributed by atoms with van der Waals surface area (Å²) in [5.41, 5.74) is 0.463. The van der Waals surface area contributed by atoms with Crippen molar-refractivity contribution in [2.24, 2.45) is 0 Å². The fraction of sp³-hybridized carbons (Fsp3) is 0.231. The smallest absolute Gasteiger partial charge is 0.338 e. The number of hydrogen-bond acceptors (Lipinski definition) is 5. The van der Waals surface area contributed by atoms with Gasteiger partial charge in [0.05, 0.1) is 17.2 Å². The van der Waals surface area contributed by atoms with Gasteiger partial charge in [-0.15, -0.1) is 0 Å². The van der Waals surface area contributed by atoms with E-state index in [2.05, 4.69) is 5.32 Å². The highest BCUT2D eigenvalue weighted by Gasteiger charge is 2.20. The van der Waals surface area contributed by atoms with Crippen LogP contribution in [0.1, 0.15) is 22.8 Å². The lowest BCUT2D eigenvalue weighted by Gasteiger charge is -2.12. The number of imide groups is 1. The van der Waals surface area contributed by atoms with Crippen LogP contribution in [0.15, 0.2) is 24.3 Å². The summed E-state index contributed by atoms with van der Waals surface area (Å²) in [6.45, 7) is 1.34. The van der Waals surface area contributed by atoms with E-state index in [1.807, 2.05) is 11.4 Å². The first-order valence-electron chi connectivity index (χ1n) is 5.71. The van der Waals surface area contributed by atoms with Gasteiger partial charge in [-0.1, -0.05) is 6.07 Å². The quantitative estimate of drug-likeness (QED) is 0.783. The number of esters is 1. The van der Waals surface area contributed by atoms with Gasteiger partial charge in [-0.25, -0.2) is 9.59 Å². The van der Waals surface area contributed by atoms with E-state index in [-0.39, 0.29) is 5.56 Å². The maximum absolute atomic E-state index is 11.8. The number of nitriles is 1. The fourth-order valence-electron chi connectivity index (χ4n) is 1.27. The second kappa shape index (κ2) is 6.89. The normalized spacial score (nSPS) is 10.8. The molecule has 20 heavy (non-hydrogen) atoms. The number of carbonyl (C=O) groups excluding carboxylic acids is 3. The van der Waals surface area contributed by atoms with E-state index in [1.54, 1.807) is 6.07 Å². The first-order chi connectivity index (χ1) is 9.47. The number of nitrogens with one attached hydrogen (secondary N) is 2. The zero-order chi connectivity index (χ0) is 15.1. The van der Waals surface area contributed by atoms with E-state index in [0.29, 0.717) is 5.56 Å². The van der Waals surface area contributed by atoms with Gasteiger partial charge in [0, 0.05) is 7.05 Å². The largest absolute Gasteiger partial charge is 0.449 e. The summed E-state index contributed by atoms with van der Waals surface area (Å²) in [4.78, 5) is 34.2. The molecule has 0 saturated heterocycles. The number of urea groups is 1. The van der Waals surface area contributed by atoms with Crippen LogP contribution in [0.2, 0.25) is 0 Å². The monoisotopic (exact) mass is 275 g/mol. The van der Waals surface area contributed by atoms with Crippen molar-refractivity contribution in [3.8, 4) is 6.07 Å². The molecule has 0 radical (unpaired) electrons. The zero-order valence-corrected chi connectivity index (χ0v) is 11.0. The van der Waals surface area contributed by atoms with Crippen LogP contribution < -0.4 is 10.6 Å². The average Bonchev–Trinajstić information content (AvgIpc) is 2.46.